The summed E-state index contributed by atoms with van der Waals surface area (Å²) in [5.41, 5.74) is 2.31. The maximum atomic E-state index is 12.5. The monoisotopic (exact) mass is 478 g/mol. The van der Waals surface area contributed by atoms with Gasteiger partial charge in [0.25, 0.3) is 0 Å². The van der Waals surface area contributed by atoms with Crippen molar-refractivity contribution in [2.45, 2.75) is 26.1 Å². The van der Waals surface area contributed by atoms with E-state index in [1.807, 2.05) is 34.1 Å². The number of anilines is 2. The Kier molecular flexibility index (Phi) is 8.51. The second kappa shape index (κ2) is 11.3. The van der Waals surface area contributed by atoms with Crippen LogP contribution in [-0.2, 0) is 9.59 Å². The zero-order chi connectivity index (χ0) is 24.7. The Labute approximate surface area is 196 Å². The molecule has 7 nitrogen and oxygen atoms in total. The molecule has 10 heteroatoms. The number of piperazine rings is 1. The van der Waals surface area contributed by atoms with Crippen LogP contribution in [0, 0.1) is 0 Å². The SMILES string of the molecule is CC(C)c1ccccc1NC(=O)CN1CCN(CC(=O)Nc2ccc(OC(F)(F)F)cc2)CC1. The van der Waals surface area contributed by atoms with E-state index in [1.54, 1.807) is 0 Å². The molecule has 1 fully saturated rings. The fourth-order valence-corrected chi connectivity index (χ4v) is 3.76. The number of nitrogens with zero attached hydrogens (tertiary/aromatic N) is 2. The normalized spacial score (nSPS) is 15.2. The first-order chi connectivity index (χ1) is 16.1. The van der Waals surface area contributed by atoms with Gasteiger partial charge in [-0.3, -0.25) is 19.4 Å². The number of nitrogens with one attached hydrogen (secondary N) is 2. The van der Waals surface area contributed by atoms with Crippen LogP contribution in [0.25, 0.3) is 0 Å². The van der Waals surface area contributed by atoms with Gasteiger partial charge in [0.05, 0.1) is 13.1 Å². The van der Waals surface area contributed by atoms with Gasteiger partial charge >= 0.3 is 6.36 Å². The van der Waals surface area contributed by atoms with Gasteiger partial charge in [-0.2, -0.15) is 0 Å². The molecule has 2 aromatic carbocycles. The summed E-state index contributed by atoms with van der Waals surface area (Å²) < 4.78 is 40.5. The maximum absolute atomic E-state index is 12.5. The van der Waals surface area contributed by atoms with E-state index in [-0.39, 0.29) is 30.7 Å². The van der Waals surface area contributed by atoms with Gasteiger partial charge in [0, 0.05) is 37.6 Å². The number of benzene rings is 2. The second-order valence-electron chi connectivity index (χ2n) is 8.46. The van der Waals surface area contributed by atoms with Crippen LogP contribution in [0.1, 0.15) is 25.3 Å². The molecule has 1 aliphatic heterocycles. The van der Waals surface area contributed by atoms with Gasteiger partial charge in [-0.1, -0.05) is 32.0 Å². The molecule has 34 heavy (non-hydrogen) atoms. The Balaban J connectivity index is 1.40. The topological polar surface area (TPSA) is 73.9 Å². The number of carbonyl (C=O) groups is 2. The van der Waals surface area contributed by atoms with E-state index in [4.69, 9.17) is 0 Å². The molecule has 184 valence electrons. The standard InChI is InChI=1S/C24H29F3N4O3/c1-17(2)20-5-3-4-6-21(20)29-23(33)16-31-13-11-30(12-14-31)15-22(32)28-18-7-9-19(10-8-18)34-24(25,26)27/h3-10,17H,11-16H2,1-2H3,(H,28,32)(H,29,33). The van der Waals surface area contributed by atoms with E-state index in [0.717, 1.165) is 23.4 Å². The lowest BCUT2D eigenvalue weighted by atomic mass is 10.0. The van der Waals surface area contributed by atoms with Crippen LogP contribution in [-0.4, -0.2) is 67.2 Å². The summed E-state index contributed by atoms with van der Waals surface area (Å²) in [5, 5.41) is 5.67. The van der Waals surface area contributed by atoms with Crippen molar-refractivity contribution >= 4 is 23.2 Å². The summed E-state index contributed by atoms with van der Waals surface area (Å²) in [6.07, 6.45) is -4.76. The minimum Gasteiger partial charge on any atom is -0.406 e. The van der Waals surface area contributed by atoms with Crippen molar-refractivity contribution < 1.29 is 27.5 Å². The Morgan fingerprint density at radius 3 is 1.94 bits per heavy atom. The molecule has 0 atom stereocenters. The number of hydrogen-bond donors (Lipinski definition) is 2. The molecule has 3 rings (SSSR count). The van der Waals surface area contributed by atoms with E-state index in [9.17, 15) is 22.8 Å². The van der Waals surface area contributed by atoms with Gasteiger partial charge < -0.3 is 15.4 Å². The first-order valence-electron chi connectivity index (χ1n) is 11.1. The van der Waals surface area contributed by atoms with Crippen molar-refractivity contribution in [2.75, 3.05) is 49.9 Å². The smallest absolute Gasteiger partial charge is 0.406 e. The fourth-order valence-electron chi connectivity index (χ4n) is 3.76. The van der Waals surface area contributed by atoms with E-state index in [0.29, 0.717) is 37.8 Å². The summed E-state index contributed by atoms with van der Waals surface area (Å²) in [7, 11) is 0. The number of alkyl halides is 3. The summed E-state index contributed by atoms with van der Waals surface area (Å²) in [4.78, 5) is 28.8. The minimum absolute atomic E-state index is 0.0720. The summed E-state index contributed by atoms with van der Waals surface area (Å²) >= 11 is 0. The molecular weight excluding hydrogens is 449 g/mol. The zero-order valence-corrected chi connectivity index (χ0v) is 19.2. The van der Waals surface area contributed by atoms with Crippen molar-refractivity contribution in [1.82, 2.24) is 9.80 Å². The Bertz CT molecular complexity index is 972. The van der Waals surface area contributed by atoms with Crippen molar-refractivity contribution in [2.24, 2.45) is 0 Å². The molecule has 0 aliphatic carbocycles. The van der Waals surface area contributed by atoms with Crippen LogP contribution in [0.2, 0.25) is 0 Å². The van der Waals surface area contributed by atoms with Crippen molar-refractivity contribution in [3.63, 3.8) is 0 Å². The second-order valence-corrected chi connectivity index (χ2v) is 8.46. The quantitative estimate of drug-likeness (QED) is 0.602. The minimum atomic E-state index is -4.76. The maximum Gasteiger partial charge on any atom is 0.573 e. The average Bonchev–Trinajstić information content (AvgIpc) is 2.75. The highest BCUT2D eigenvalue weighted by atomic mass is 19.4. The van der Waals surface area contributed by atoms with Crippen LogP contribution >= 0.6 is 0 Å². The third-order valence-electron chi connectivity index (χ3n) is 5.43. The number of carbonyl (C=O) groups excluding carboxylic acids is 2. The van der Waals surface area contributed by atoms with E-state index >= 15 is 0 Å². The first kappa shape index (κ1) is 25.5. The van der Waals surface area contributed by atoms with Crippen LogP contribution in [0.4, 0.5) is 24.5 Å². The van der Waals surface area contributed by atoms with Crippen molar-refractivity contribution in [1.29, 1.82) is 0 Å². The lowest BCUT2D eigenvalue weighted by Gasteiger charge is -2.33. The third-order valence-corrected chi connectivity index (χ3v) is 5.43. The molecule has 2 amide bonds. The number of para-hydroxylation sites is 1. The van der Waals surface area contributed by atoms with Crippen LogP contribution in [0.15, 0.2) is 48.5 Å². The third kappa shape index (κ3) is 8.03. The van der Waals surface area contributed by atoms with Crippen LogP contribution in [0.5, 0.6) is 5.75 Å². The molecule has 0 saturated carbocycles. The number of halogens is 3. The van der Waals surface area contributed by atoms with Crippen molar-refractivity contribution in [3.8, 4) is 5.75 Å². The largest absolute Gasteiger partial charge is 0.573 e. The van der Waals surface area contributed by atoms with Crippen molar-refractivity contribution in [3.05, 3.63) is 54.1 Å². The summed E-state index contributed by atoms with van der Waals surface area (Å²) in [6.45, 7) is 7.15. The lowest BCUT2D eigenvalue weighted by molar-refractivity contribution is -0.274. The van der Waals surface area contributed by atoms with Gasteiger partial charge in [0.1, 0.15) is 5.75 Å². The number of hydrogen-bond acceptors (Lipinski definition) is 5. The summed E-state index contributed by atoms with van der Waals surface area (Å²) in [5.74, 6) is -0.381. The number of ether oxygens (including phenoxy) is 1. The number of rotatable bonds is 8. The highest BCUT2D eigenvalue weighted by molar-refractivity contribution is 5.93. The van der Waals surface area contributed by atoms with Crippen LogP contribution < -0.4 is 15.4 Å². The molecule has 2 aromatic rings. The van der Waals surface area contributed by atoms with E-state index in [1.165, 1.54) is 12.1 Å². The average molecular weight is 479 g/mol. The molecule has 0 unspecified atom stereocenters. The molecule has 1 saturated heterocycles. The van der Waals surface area contributed by atoms with Gasteiger partial charge in [0.15, 0.2) is 0 Å². The highest BCUT2D eigenvalue weighted by Crippen LogP contribution is 2.24. The highest BCUT2D eigenvalue weighted by Gasteiger charge is 2.31. The van der Waals surface area contributed by atoms with Gasteiger partial charge in [-0.15, -0.1) is 13.2 Å². The van der Waals surface area contributed by atoms with E-state index in [2.05, 4.69) is 29.2 Å². The Hall–Kier alpha value is -3.11. The molecule has 0 bridgehead atoms. The van der Waals surface area contributed by atoms with E-state index < -0.39 is 6.36 Å². The van der Waals surface area contributed by atoms with Gasteiger partial charge in [0.2, 0.25) is 11.8 Å². The molecular formula is C24H29F3N4O3. The molecule has 0 spiro atoms. The zero-order valence-electron chi connectivity index (χ0n) is 19.2. The van der Waals surface area contributed by atoms with Crippen LogP contribution in [0.3, 0.4) is 0 Å². The fraction of sp³-hybridized carbons (Fsp3) is 0.417. The van der Waals surface area contributed by atoms with Gasteiger partial charge in [-0.25, -0.2) is 0 Å². The molecule has 0 aromatic heterocycles. The molecule has 0 radical (unpaired) electrons. The first-order valence-corrected chi connectivity index (χ1v) is 11.1. The number of amides is 2. The predicted octanol–water partition coefficient (Wildman–Crippen LogP) is 3.90. The molecule has 1 heterocycles. The van der Waals surface area contributed by atoms with Gasteiger partial charge in [-0.05, 0) is 41.8 Å². The summed E-state index contributed by atoms with van der Waals surface area (Å²) in [6, 6.07) is 12.8. The molecule has 1 aliphatic rings. The Morgan fingerprint density at radius 1 is 0.882 bits per heavy atom. The molecule has 2 N–H and O–H groups in total. The lowest BCUT2D eigenvalue weighted by Crippen LogP contribution is -2.50. The predicted molar refractivity (Wildman–Crippen MR) is 124 cm³/mol. The Morgan fingerprint density at radius 2 is 1.41 bits per heavy atom.